The van der Waals surface area contributed by atoms with Gasteiger partial charge in [-0.15, -0.1) is 0 Å². The third-order valence-corrected chi connectivity index (χ3v) is 5.75. The molecule has 10 heteroatoms. The van der Waals surface area contributed by atoms with E-state index in [0.717, 1.165) is 29.3 Å². The van der Waals surface area contributed by atoms with Crippen molar-refractivity contribution in [2.24, 2.45) is 0 Å². The lowest BCUT2D eigenvalue weighted by atomic mass is 9.99. The molecular weight excluding hydrogens is 397 g/mol. The van der Waals surface area contributed by atoms with Crippen molar-refractivity contribution in [2.75, 3.05) is 18.4 Å². The van der Waals surface area contributed by atoms with Gasteiger partial charge in [0.25, 0.3) is 10.0 Å². The molecule has 1 aliphatic rings. The molecule has 1 N–H and O–H groups in total. The first kappa shape index (κ1) is 20.0. The number of hydrogen-bond acceptors (Lipinski definition) is 4. The van der Waals surface area contributed by atoms with E-state index in [1.165, 1.54) is 18.1 Å². The predicted octanol–water partition coefficient (Wildman–Crippen LogP) is 3.63. The minimum atomic E-state index is -4.64. The number of carbonyl (C=O) groups is 1. The Morgan fingerprint density at radius 2 is 1.89 bits per heavy atom. The molecule has 3 rings (SSSR count). The van der Waals surface area contributed by atoms with Gasteiger partial charge in [-0.1, -0.05) is 12.1 Å². The number of ether oxygens (including phenoxy) is 1. The average molecular weight is 414 g/mol. The van der Waals surface area contributed by atoms with Gasteiger partial charge in [0.15, 0.2) is 0 Å². The van der Waals surface area contributed by atoms with Gasteiger partial charge in [0.2, 0.25) is 0 Å². The van der Waals surface area contributed by atoms with Gasteiger partial charge in [0.1, 0.15) is 0 Å². The molecule has 0 spiro atoms. The summed E-state index contributed by atoms with van der Waals surface area (Å²) in [5, 5.41) is 0. The van der Waals surface area contributed by atoms with Gasteiger partial charge in [-0.3, -0.25) is 4.72 Å². The van der Waals surface area contributed by atoms with Crippen LogP contribution in [-0.4, -0.2) is 33.1 Å². The summed E-state index contributed by atoms with van der Waals surface area (Å²) in [6, 6.07) is 8.35. The monoisotopic (exact) mass is 414 g/mol. The SMILES string of the molecule is COC(=O)N1CCc2ccc(NS(=O)(=O)c3cccc(C(F)(F)F)c3)cc2C1. The van der Waals surface area contributed by atoms with Crippen LogP contribution in [-0.2, 0) is 33.9 Å². The summed E-state index contributed by atoms with van der Waals surface area (Å²) in [6.07, 6.45) is -4.54. The van der Waals surface area contributed by atoms with Gasteiger partial charge >= 0.3 is 12.3 Å². The Bertz CT molecular complexity index is 1010. The van der Waals surface area contributed by atoms with Crippen molar-refractivity contribution >= 4 is 21.8 Å². The van der Waals surface area contributed by atoms with E-state index in [2.05, 4.69) is 4.72 Å². The average Bonchev–Trinajstić information content (AvgIpc) is 2.66. The lowest BCUT2D eigenvalue weighted by molar-refractivity contribution is -0.137. The number of amides is 1. The third kappa shape index (κ3) is 4.22. The Morgan fingerprint density at radius 1 is 1.14 bits per heavy atom. The molecule has 0 aliphatic carbocycles. The van der Waals surface area contributed by atoms with Gasteiger partial charge in [-0.2, -0.15) is 13.2 Å². The minimum absolute atomic E-state index is 0.197. The topological polar surface area (TPSA) is 75.7 Å². The van der Waals surface area contributed by atoms with Crippen LogP contribution in [0, 0.1) is 0 Å². The number of rotatable bonds is 3. The fourth-order valence-corrected chi connectivity index (χ4v) is 4.05. The highest BCUT2D eigenvalue weighted by atomic mass is 32.2. The summed E-state index contributed by atoms with van der Waals surface area (Å²) in [6.45, 7) is 0.732. The van der Waals surface area contributed by atoms with Crippen LogP contribution in [0.3, 0.4) is 0 Å². The summed E-state index contributed by atoms with van der Waals surface area (Å²) in [5.41, 5.74) is 0.848. The van der Waals surface area contributed by atoms with E-state index in [1.54, 1.807) is 12.1 Å². The first-order valence-corrected chi connectivity index (χ1v) is 9.73. The molecule has 0 radical (unpaired) electrons. The number of benzene rings is 2. The van der Waals surface area contributed by atoms with Crippen molar-refractivity contribution in [3.63, 3.8) is 0 Å². The maximum Gasteiger partial charge on any atom is 0.416 e. The smallest absolute Gasteiger partial charge is 0.416 e. The molecule has 6 nitrogen and oxygen atoms in total. The van der Waals surface area contributed by atoms with Gasteiger partial charge in [-0.05, 0) is 47.9 Å². The maximum atomic E-state index is 12.8. The Kier molecular flexibility index (Phi) is 5.24. The van der Waals surface area contributed by atoms with Crippen LogP contribution in [0.4, 0.5) is 23.7 Å². The number of fused-ring (bicyclic) bond motifs is 1. The van der Waals surface area contributed by atoms with Crippen molar-refractivity contribution in [3.05, 3.63) is 59.2 Å². The van der Waals surface area contributed by atoms with Crippen LogP contribution >= 0.6 is 0 Å². The Hall–Kier alpha value is -2.75. The first-order valence-electron chi connectivity index (χ1n) is 8.25. The van der Waals surface area contributed by atoms with Crippen LogP contribution < -0.4 is 4.72 Å². The molecule has 0 bridgehead atoms. The second-order valence-corrected chi connectivity index (χ2v) is 7.94. The Morgan fingerprint density at radius 3 is 2.57 bits per heavy atom. The van der Waals surface area contributed by atoms with Crippen LogP contribution in [0.5, 0.6) is 0 Å². The second-order valence-electron chi connectivity index (χ2n) is 6.26. The van der Waals surface area contributed by atoms with E-state index in [4.69, 9.17) is 4.74 Å². The molecule has 1 heterocycles. The zero-order valence-electron chi connectivity index (χ0n) is 14.8. The summed E-state index contributed by atoms with van der Waals surface area (Å²) >= 11 is 0. The molecule has 150 valence electrons. The van der Waals surface area contributed by atoms with Crippen LogP contribution in [0.15, 0.2) is 47.4 Å². The normalized spacial score (nSPS) is 14.4. The van der Waals surface area contributed by atoms with Crippen LogP contribution in [0.25, 0.3) is 0 Å². The zero-order valence-corrected chi connectivity index (χ0v) is 15.6. The minimum Gasteiger partial charge on any atom is -0.453 e. The molecule has 1 amide bonds. The molecule has 0 fully saturated rings. The number of sulfonamides is 1. The summed E-state index contributed by atoms with van der Waals surface area (Å²) < 4.78 is 70.5. The lowest BCUT2D eigenvalue weighted by Gasteiger charge is -2.28. The number of nitrogens with zero attached hydrogens (tertiary/aromatic N) is 1. The highest BCUT2D eigenvalue weighted by molar-refractivity contribution is 7.92. The maximum absolute atomic E-state index is 12.8. The number of alkyl halides is 3. The van der Waals surface area contributed by atoms with Crippen molar-refractivity contribution < 1.29 is 31.1 Å². The van der Waals surface area contributed by atoms with Crippen LogP contribution in [0.1, 0.15) is 16.7 Å². The molecule has 0 unspecified atom stereocenters. The van der Waals surface area contributed by atoms with E-state index in [-0.39, 0.29) is 12.2 Å². The number of methoxy groups -OCH3 is 1. The van der Waals surface area contributed by atoms with Crippen molar-refractivity contribution in [1.29, 1.82) is 0 Å². The Labute approximate surface area is 160 Å². The number of hydrogen-bond donors (Lipinski definition) is 1. The van der Waals surface area contributed by atoms with Crippen molar-refractivity contribution in [1.82, 2.24) is 4.90 Å². The van der Waals surface area contributed by atoms with E-state index >= 15 is 0 Å². The third-order valence-electron chi connectivity index (χ3n) is 4.38. The quantitative estimate of drug-likeness (QED) is 0.832. The molecule has 2 aromatic rings. The van der Waals surface area contributed by atoms with E-state index < -0.39 is 32.8 Å². The van der Waals surface area contributed by atoms with E-state index in [9.17, 15) is 26.4 Å². The van der Waals surface area contributed by atoms with E-state index in [0.29, 0.717) is 19.0 Å². The van der Waals surface area contributed by atoms with Gasteiger partial charge in [0, 0.05) is 18.8 Å². The van der Waals surface area contributed by atoms with Gasteiger partial charge < -0.3 is 9.64 Å². The highest BCUT2D eigenvalue weighted by Gasteiger charge is 2.31. The fourth-order valence-electron chi connectivity index (χ4n) is 2.96. The van der Waals surface area contributed by atoms with E-state index in [1.807, 2.05) is 0 Å². The molecule has 28 heavy (non-hydrogen) atoms. The molecule has 2 aromatic carbocycles. The standard InChI is InChI=1S/C18H17F3N2O4S/c1-27-17(24)23-8-7-12-5-6-15(9-13(12)11-23)22-28(25,26)16-4-2-3-14(10-16)18(19,20)21/h2-6,9-10,22H,7-8,11H2,1H3. The molecule has 0 atom stereocenters. The highest BCUT2D eigenvalue weighted by Crippen LogP contribution is 2.31. The predicted molar refractivity (Wildman–Crippen MR) is 95.2 cm³/mol. The van der Waals surface area contributed by atoms with Crippen molar-refractivity contribution in [2.45, 2.75) is 24.0 Å². The van der Waals surface area contributed by atoms with Gasteiger partial charge in [-0.25, -0.2) is 13.2 Å². The number of halogens is 3. The first-order chi connectivity index (χ1) is 13.1. The molecular formula is C18H17F3N2O4S. The number of anilines is 1. The molecule has 0 saturated heterocycles. The zero-order chi connectivity index (χ0) is 20.5. The summed E-state index contributed by atoms with van der Waals surface area (Å²) in [4.78, 5) is 12.7. The number of carbonyl (C=O) groups excluding carboxylic acids is 1. The Balaban J connectivity index is 1.85. The number of nitrogens with one attached hydrogen (secondary N) is 1. The fraction of sp³-hybridized carbons (Fsp3) is 0.278. The van der Waals surface area contributed by atoms with Crippen LogP contribution in [0.2, 0.25) is 0 Å². The summed E-state index contributed by atoms with van der Waals surface area (Å²) in [5.74, 6) is 0. The molecule has 1 aliphatic heterocycles. The molecule has 0 aromatic heterocycles. The second kappa shape index (κ2) is 7.34. The van der Waals surface area contributed by atoms with Gasteiger partial charge in [0.05, 0.1) is 17.6 Å². The largest absolute Gasteiger partial charge is 0.453 e. The lowest BCUT2D eigenvalue weighted by Crippen LogP contribution is -2.35. The van der Waals surface area contributed by atoms with Crippen molar-refractivity contribution in [3.8, 4) is 0 Å². The molecule has 0 saturated carbocycles. The summed E-state index contributed by atoms with van der Waals surface area (Å²) in [7, 11) is -2.94.